The van der Waals surface area contributed by atoms with Gasteiger partial charge in [0, 0.05) is 36.9 Å². The molecule has 0 aliphatic carbocycles. The largest absolute Gasteiger partial charge is 0.457 e. The molecule has 0 spiro atoms. The zero-order chi connectivity index (χ0) is 37.3. The quantitative estimate of drug-likeness (QED) is 0.156. The van der Waals surface area contributed by atoms with Gasteiger partial charge in [0.1, 0.15) is 11.5 Å². The van der Waals surface area contributed by atoms with E-state index in [2.05, 4.69) is 115 Å². The smallest absolute Gasteiger partial charge is 0.164 e. The van der Waals surface area contributed by atoms with Crippen molar-refractivity contribution in [2.75, 3.05) is 0 Å². The summed E-state index contributed by atoms with van der Waals surface area (Å²) in [5.41, 5.74) is 9.83. The van der Waals surface area contributed by atoms with Gasteiger partial charge in [-0.2, -0.15) is 0 Å². The van der Waals surface area contributed by atoms with Crippen LogP contribution in [0.5, 0.6) is 11.5 Å². The van der Waals surface area contributed by atoms with Gasteiger partial charge >= 0.3 is 0 Å². The van der Waals surface area contributed by atoms with Gasteiger partial charge in [-0.15, -0.1) is 11.3 Å². The number of ether oxygens (including phenoxy) is 1. The first-order valence-electron chi connectivity index (χ1n) is 18.6. The summed E-state index contributed by atoms with van der Waals surface area (Å²) in [6.07, 6.45) is 0. The molecule has 10 rings (SSSR count). The molecule has 0 aliphatic heterocycles. The van der Waals surface area contributed by atoms with Crippen LogP contribution in [0, 0.1) is 0 Å². The van der Waals surface area contributed by atoms with Crippen LogP contribution < -0.4 is 4.74 Å². The summed E-state index contributed by atoms with van der Waals surface area (Å²) in [6, 6.07) is 69.1. The highest BCUT2D eigenvalue weighted by Crippen LogP contribution is 2.39. The predicted molar refractivity (Wildman–Crippen MR) is 232 cm³/mol. The SMILES string of the molecule is c1ccc(-c2ccc3sc4ccc(-c5ccc(Oc6ccc(-c7ccc(-c8nc(-c9ccccc9)nc(-c9ccccc9)n8)cc7)cc6)cc5)cc4c3c2)cc1. The molecular formula is C51H33N3OS. The van der Waals surface area contributed by atoms with Crippen molar-refractivity contribution in [3.8, 4) is 79.0 Å². The minimum absolute atomic E-state index is 0.636. The summed E-state index contributed by atoms with van der Waals surface area (Å²) in [6.45, 7) is 0. The molecule has 10 aromatic rings. The van der Waals surface area contributed by atoms with Crippen molar-refractivity contribution in [3.63, 3.8) is 0 Å². The number of hydrogen-bond acceptors (Lipinski definition) is 5. The third kappa shape index (κ3) is 6.72. The fourth-order valence-electron chi connectivity index (χ4n) is 7.08. The standard InChI is InChI=1S/C51H33N3OS/c1-4-10-34(11-5-1)41-24-30-47-45(32-41)46-33-42(25-31-48(46)56-47)37-22-28-44(29-23-37)55-43-26-20-36(21-27-43)35-16-18-40(19-17-35)51-53-49(38-12-6-2-7-13-38)52-50(54-51)39-14-8-3-9-15-39/h1-33H. The molecule has 4 nitrogen and oxygen atoms in total. The van der Waals surface area contributed by atoms with Crippen molar-refractivity contribution in [2.45, 2.75) is 0 Å². The van der Waals surface area contributed by atoms with Crippen molar-refractivity contribution in [3.05, 3.63) is 200 Å². The van der Waals surface area contributed by atoms with E-state index in [0.29, 0.717) is 17.5 Å². The van der Waals surface area contributed by atoms with E-state index < -0.39 is 0 Å². The second-order valence-corrected chi connectivity index (χ2v) is 14.7. The van der Waals surface area contributed by atoms with Gasteiger partial charge in [-0.25, -0.2) is 15.0 Å². The molecular weight excluding hydrogens is 703 g/mol. The van der Waals surface area contributed by atoms with Crippen LogP contribution >= 0.6 is 11.3 Å². The van der Waals surface area contributed by atoms with Crippen LogP contribution in [0.3, 0.4) is 0 Å². The fourth-order valence-corrected chi connectivity index (χ4v) is 8.15. The zero-order valence-electron chi connectivity index (χ0n) is 30.2. The summed E-state index contributed by atoms with van der Waals surface area (Å²) < 4.78 is 8.88. The van der Waals surface area contributed by atoms with E-state index in [1.54, 1.807) is 0 Å². The number of hydrogen-bond donors (Lipinski definition) is 0. The molecule has 0 amide bonds. The lowest BCUT2D eigenvalue weighted by Crippen LogP contribution is -2.00. The van der Waals surface area contributed by atoms with Crippen molar-refractivity contribution < 1.29 is 4.74 Å². The van der Waals surface area contributed by atoms with Crippen LogP contribution in [-0.4, -0.2) is 15.0 Å². The van der Waals surface area contributed by atoms with Gasteiger partial charge in [0.25, 0.3) is 0 Å². The van der Waals surface area contributed by atoms with E-state index in [1.807, 2.05) is 96.3 Å². The Morgan fingerprint density at radius 2 is 0.589 bits per heavy atom. The van der Waals surface area contributed by atoms with Crippen molar-refractivity contribution in [2.24, 2.45) is 0 Å². The van der Waals surface area contributed by atoms with Crippen LogP contribution in [0.1, 0.15) is 0 Å². The topological polar surface area (TPSA) is 47.9 Å². The normalized spacial score (nSPS) is 11.2. The van der Waals surface area contributed by atoms with Crippen molar-refractivity contribution >= 4 is 31.5 Å². The highest BCUT2D eigenvalue weighted by atomic mass is 32.1. The second-order valence-electron chi connectivity index (χ2n) is 13.7. The Bertz CT molecular complexity index is 2890. The van der Waals surface area contributed by atoms with E-state index in [4.69, 9.17) is 19.7 Å². The first kappa shape index (κ1) is 33.4. The van der Waals surface area contributed by atoms with E-state index in [1.165, 1.54) is 36.9 Å². The number of fused-ring (bicyclic) bond motifs is 3. The molecule has 0 bridgehead atoms. The van der Waals surface area contributed by atoms with Crippen LogP contribution in [0.15, 0.2) is 200 Å². The molecule has 0 N–H and O–H groups in total. The first-order valence-corrected chi connectivity index (χ1v) is 19.4. The van der Waals surface area contributed by atoms with Crippen LogP contribution in [0.2, 0.25) is 0 Å². The Morgan fingerprint density at radius 1 is 0.286 bits per heavy atom. The third-order valence-electron chi connectivity index (χ3n) is 10.0. The molecule has 0 aliphatic rings. The first-order chi connectivity index (χ1) is 27.7. The molecule has 56 heavy (non-hydrogen) atoms. The number of thiophene rings is 1. The fraction of sp³-hybridized carbons (Fsp3) is 0. The Balaban J connectivity index is 0.854. The maximum Gasteiger partial charge on any atom is 0.164 e. The molecule has 2 heterocycles. The number of aromatic nitrogens is 3. The van der Waals surface area contributed by atoms with Gasteiger partial charge in [-0.05, 0) is 81.9 Å². The second kappa shape index (κ2) is 14.6. The van der Waals surface area contributed by atoms with Crippen LogP contribution in [0.25, 0.3) is 87.7 Å². The van der Waals surface area contributed by atoms with Gasteiger partial charge in [-0.1, -0.05) is 152 Å². The molecule has 264 valence electrons. The molecule has 0 saturated heterocycles. The Labute approximate surface area is 329 Å². The lowest BCUT2D eigenvalue weighted by Gasteiger charge is -2.10. The minimum Gasteiger partial charge on any atom is -0.457 e. The lowest BCUT2D eigenvalue weighted by atomic mass is 10.0. The molecule has 0 saturated carbocycles. The van der Waals surface area contributed by atoms with Gasteiger partial charge in [0.2, 0.25) is 0 Å². The minimum atomic E-state index is 0.636. The Kier molecular flexibility index (Phi) is 8.67. The van der Waals surface area contributed by atoms with Gasteiger partial charge in [0.15, 0.2) is 17.5 Å². The molecule has 0 atom stereocenters. The van der Waals surface area contributed by atoms with E-state index in [9.17, 15) is 0 Å². The molecule has 0 radical (unpaired) electrons. The number of rotatable bonds is 8. The summed E-state index contributed by atoms with van der Waals surface area (Å²) in [4.78, 5) is 14.6. The summed E-state index contributed by atoms with van der Waals surface area (Å²) >= 11 is 1.84. The van der Waals surface area contributed by atoms with Crippen LogP contribution in [-0.2, 0) is 0 Å². The van der Waals surface area contributed by atoms with Gasteiger partial charge in [-0.3, -0.25) is 0 Å². The molecule has 5 heteroatoms. The number of nitrogens with zero attached hydrogens (tertiary/aromatic N) is 3. The summed E-state index contributed by atoms with van der Waals surface area (Å²) in [7, 11) is 0. The van der Waals surface area contributed by atoms with E-state index in [-0.39, 0.29) is 0 Å². The average Bonchev–Trinajstić information content (AvgIpc) is 3.65. The molecule has 0 fully saturated rings. The van der Waals surface area contributed by atoms with Crippen LogP contribution in [0.4, 0.5) is 0 Å². The monoisotopic (exact) mass is 735 g/mol. The van der Waals surface area contributed by atoms with E-state index in [0.717, 1.165) is 44.9 Å². The summed E-state index contributed by atoms with van der Waals surface area (Å²) in [5, 5.41) is 2.58. The molecule has 0 unspecified atom stereocenters. The van der Waals surface area contributed by atoms with Gasteiger partial charge < -0.3 is 4.74 Å². The zero-order valence-corrected chi connectivity index (χ0v) is 31.0. The lowest BCUT2D eigenvalue weighted by molar-refractivity contribution is 0.483. The highest BCUT2D eigenvalue weighted by Gasteiger charge is 2.13. The third-order valence-corrected chi connectivity index (χ3v) is 11.2. The maximum absolute atomic E-state index is 6.28. The van der Waals surface area contributed by atoms with Gasteiger partial charge in [0.05, 0.1) is 0 Å². The average molecular weight is 736 g/mol. The maximum atomic E-state index is 6.28. The Morgan fingerprint density at radius 3 is 1.02 bits per heavy atom. The Hall–Kier alpha value is -7.21. The van der Waals surface area contributed by atoms with E-state index >= 15 is 0 Å². The van der Waals surface area contributed by atoms with Crippen molar-refractivity contribution in [1.29, 1.82) is 0 Å². The summed E-state index contributed by atoms with van der Waals surface area (Å²) in [5.74, 6) is 3.51. The van der Waals surface area contributed by atoms with Crippen molar-refractivity contribution in [1.82, 2.24) is 15.0 Å². The number of benzene rings is 8. The molecule has 8 aromatic carbocycles. The molecule has 2 aromatic heterocycles. The highest BCUT2D eigenvalue weighted by molar-refractivity contribution is 7.25. The predicted octanol–water partition coefficient (Wildman–Crippen LogP) is 14.0.